The molecule has 0 spiro atoms. The summed E-state index contributed by atoms with van der Waals surface area (Å²) in [6.45, 7) is -1.14. The fourth-order valence-electron chi connectivity index (χ4n) is 1.15. The van der Waals surface area contributed by atoms with Gasteiger partial charge in [-0.25, -0.2) is 10.1 Å². The number of nitro groups is 1. The average molecular weight is 309 g/mol. The Hall–Kier alpha value is -3.33. The smallest absolute Gasteiger partial charge is 0.311 e. The molecule has 0 fully saturated rings. The van der Waals surface area contributed by atoms with Crippen molar-refractivity contribution in [1.82, 2.24) is 15.1 Å². The molecular formula is C5H9N8O8+. The molecule has 0 unspecified atom stereocenters. The predicted octanol–water partition coefficient (Wildman–Crippen LogP) is -2.41. The Kier molecular flexibility index (Phi) is 5.47. The Labute approximate surface area is 114 Å². The van der Waals surface area contributed by atoms with Crippen molar-refractivity contribution >= 4 is 5.95 Å². The van der Waals surface area contributed by atoms with Crippen molar-refractivity contribution in [3.05, 3.63) is 30.3 Å². The molecule has 1 aromatic rings. The van der Waals surface area contributed by atoms with Crippen molar-refractivity contribution < 1.29 is 29.6 Å². The first kappa shape index (κ1) is 15.7. The van der Waals surface area contributed by atoms with Gasteiger partial charge in [0.2, 0.25) is 5.03 Å². The van der Waals surface area contributed by atoms with Crippen LogP contribution in [0.2, 0.25) is 0 Å². The fourth-order valence-corrected chi connectivity index (χ4v) is 1.15. The number of rotatable bonds is 10. The van der Waals surface area contributed by atoms with Gasteiger partial charge in [0.25, 0.3) is 10.2 Å². The van der Waals surface area contributed by atoms with Crippen LogP contribution in [0.25, 0.3) is 0 Å². The molecule has 1 aromatic heterocycles. The number of tetrazole rings is 1. The predicted molar refractivity (Wildman–Crippen MR) is 56.7 cm³/mol. The monoisotopic (exact) mass is 309 g/mol. The molecule has 0 aliphatic carbocycles. The van der Waals surface area contributed by atoms with E-state index in [1.54, 1.807) is 5.43 Å². The summed E-state index contributed by atoms with van der Waals surface area (Å²) in [4.78, 5) is 39.3. The van der Waals surface area contributed by atoms with Gasteiger partial charge in [-0.05, 0) is 4.80 Å². The van der Waals surface area contributed by atoms with Gasteiger partial charge < -0.3 is 9.68 Å². The van der Waals surface area contributed by atoms with Crippen molar-refractivity contribution in [1.29, 1.82) is 0 Å². The van der Waals surface area contributed by atoms with E-state index in [0.29, 0.717) is 0 Å². The molecule has 0 saturated carbocycles. The zero-order valence-corrected chi connectivity index (χ0v) is 10.2. The first-order valence-corrected chi connectivity index (χ1v) is 5.19. The minimum absolute atomic E-state index is 0.156. The SMILES string of the molecule is O=[N+]([O-])Nc1nn(CCO[N+](=O)[O-])n[n+]1CCO[N+](=O)[O-]. The van der Waals surface area contributed by atoms with E-state index in [9.17, 15) is 30.3 Å². The topological polar surface area (TPSA) is 194 Å². The summed E-state index contributed by atoms with van der Waals surface area (Å²) in [5, 5.41) is 34.7. The van der Waals surface area contributed by atoms with E-state index >= 15 is 0 Å². The zero-order valence-electron chi connectivity index (χ0n) is 10.2. The third-order valence-electron chi connectivity index (χ3n) is 1.84. The second kappa shape index (κ2) is 7.31. The van der Waals surface area contributed by atoms with E-state index in [2.05, 4.69) is 20.0 Å². The van der Waals surface area contributed by atoms with Gasteiger partial charge in [-0.2, -0.15) is 0 Å². The number of hydrogen-bond acceptors (Lipinski definition) is 10. The normalized spacial score (nSPS) is 9.90. The molecule has 1 rings (SSSR count). The van der Waals surface area contributed by atoms with Gasteiger partial charge in [0.05, 0.1) is 5.10 Å². The van der Waals surface area contributed by atoms with Gasteiger partial charge in [-0.15, -0.1) is 24.9 Å². The summed E-state index contributed by atoms with van der Waals surface area (Å²) in [6, 6.07) is 0. The molecule has 0 radical (unpaired) electrons. The lowest BCUT2D eigenvalue weighted by Crippen LogP contribution is -2.42. The molecule has 116 valence electrons. The lowest BCUT2D eigenvalue weighted by Gasteiger charge is -1.96. The maximum atomic E-state index is 10.4. The Balaban J connectivity index is 2.68. The van der Waals surface area contributed by atoms with Crippen LogP contribution in [-0.2, 0) is 22.8 Å². The highest BCUT2D eigenvalue weighted by atomic mass is 17.0. The van der Waals surface area contributed by atoms with E-state index in [1.807, 2.05) is 0 Å². The molecule has 1 heterocycles. The molecule has 0 atom stereocenters. The first-order valence-electron chi connectivity index (χ1n) is 5.19. The van der Waals surface area contributed by atoms with Crippen LogP contribution in [0, 0.1) is 30.3 Å². The van der Waals surface area contributed by atoms with Gasteiger partial charge in [-0.3, -0.25) is 0 Å². The quantitative estimate of drug-likeness (QED) is 0.274. The number of anilines is 1. The van der Waals surface area contributed by atoms with E-state index in [0.717, 1.165) is 9.48 Å². The molecule has 0 aliphatic rings. The number of hydrogen-bond donors (Lipinski definition) is 1. The number of nitrogens with one attached hydrogen (secondary N) is 1. The maximum Gasteiger partial charge on any atom is 0.458 e. The Morgan fingerprint density at radius 2 is 1.76 bits per heavy atom. The summed E-state index contributed by atoms with van der Waals surface area (Å²) in [7, 11) is 0. The van der Waals surface area contributed by atoms with Crippen LogP contribution in [0.4, 0.5) is 5.95 Å². The van der Waals surface area contributed by atoms with E-state index in [1.165, 1.54) is 0 Å². The Bertz CT molecular complexity index is 529. The molecule has 0 aromatic carbocycles. The largest absolute Gasteiger partial charge is 0.458 e. The van der Waals surface area contributed by atoms with Crippen LogP contribution in [0.15, 0.2) is 0 Å². The summed E-state index contributed by atoms with van der Waals surface area (Å²) < 4.78 is 0.929. The Morgan fingerprint density at radius 3 is 2.33 bits per heavy atom. The van der Waals surface area contributed by atoms with Crippen molar-refractivity contribution in [3.8, 4) is 0 Å². The lowest BCUT2D eigenvalue weighted by atomic mass is 10.7. The summed E-state index contributed by atoms with van der Waals surface area (Å²) in [5.74, 6) is -0.326. The molecule has 0 amide bonds. The molecule has 0 bridgehead atoms. The number of nitrogens with zero attached hydrogens (tertiary/aromatic N) is 7. The lowest BCUT2D eigenvalue weighted by molar-refractivity contribution is -0.794. The third-order valence-corrected chi connectivity index (χ3v) is 1.84. The summed E-state index contributed by atoms with van der Waals surface area (Å²) >= 11 is 0. The Morgan fingerprint density at radius 1 is 1.14 bits per heavy atom. The van der Waals surface area contributed by atoms with Crippen LogP contribution >= 0.6 is 0 Å². The molecule has 21 heavy (non-hydrogen) atoms. The first-order chi connectivity index (χ1) is 9.88. The van der Waals surface area contributed by atoms with E-state index in [-0.39, 0.29) is 25.6 Å². The van der Waals surface area contributed by atoms with Gasteiger partial charge in [-0.1, -0.05) is 0 Å². The summed E-state index contributed by atoms with van der Waals surface area (Å²) in [5.41, 5.74) is 1.72. The standard InChI is InChI=1S/C5H9N8O8/c14-11(15)7-5-6-10(2-4-21-13(18)19)8-9(5)1-3-20-12(16)17/h1-4H2,(H,6,7,8)/q+1. The fraction of sp³-hybridized carbons (Fsp3) is 0.800. The summed E-state index contributed by atoms with van der Waals surface area (Å²) in [6.07, 6.45) is 0. The molecule has 1 N–H and O–H groups in total. The van der Waals surface area contributed by atoms with Crippen molar-refractivity contribution in [2.45, 2.75) is 13.1 Å². The van der Waals surface area contributed by atoms with E-state index < -0.39 is 21.8 Å². The van der Waals surface area contributed by atoms with Crippen LogP contribution in [0.5, 0.6) is 0 Å². The van der Waals surface area contributed by atoms with Gasteiger partial charge >= 0.3 is 5.95 Å². The molecule has 16 nitrogen and oxygen atoms in total. The van der Waals surface area contributed by atoms with Crippen molar-refractivity contribution in [2.24, 2.45) is 0 Å². The second-order valence-corrected chi connectivity index (χ2v) is 3.21. The molecule has 0 aliphatic heterocycles. The minimum atomic E-state index is -1.03. The highest BCUT2D eigenvalue weighted by Gasteiger charge is 2.22. The maximum absolute atomic E-state index is 10.4. The van der Waals surface area contributed by atoms with Crippen LogP contribution in [0.1, 0.15) is 0 Å². The third kappa shape index (κ3) is 5.89. The van der Waals surface area contributed by atoms with Gasteiger partial charge in [0.15, 0.2) is 0 Å². The highest BCUT2D eigenvalue weighted by molar-refractivity contribution is 5.06. The molecule has 16 heteroatoms. The van der Waals surface area contributed by atoms with Crippen LogP contribution in [-0.4, -0.2) is 43.5 Å². The van der Waals surface area contributed by atoms with Crippen molar-refractivity contribution in [2.75, 3.05) is 18.6 Å². The van der Waals surface area contributed by atoms with Gasteiger partial charge in [0.1, 0.15) is 26.3 Å². The van der Waals surface area contributed by atoms with Crippen molar-refractivity contribution in [3.63, 3.8) is 0 Å². The second-order valence-electron chi connectivity index (χ2n) is 3.21. The number of aromatic nitrogens is 4. The molecular weight excluding hydrogens is 300 g/mol. The average Bonchev–Trinajstić information content (AvgIpc) is 2.70. The van der Waals surface area contributed by atoms with Crippen LogP contribution in [0.3, 0.4) is 0 Å². The van der Waals surface area contributed by atoms with Gasteiger partial charge in [0, 0.05) is 10.6 Å². The highest BCUT2D eigenvalue weighted by Crippen LogP contribution is 1.92. The zero-order chi connectivity index (χ0) is 15.8. The minimum Gasteiger partial charge on any atom is -0.311 e. The molecule has 0 saturated heterocycles. The van der Waals surface area contributed by atoms with E-state index in [4.69, 9.17) is 0 Å². The number of hydrazine groups is 1. The van der Waals surface area contributed by atoms with Crippen LogP contribution < -0.4 is 10.1 Å².